The molecule has 0 radical (unpaired) electrons. The Morgan fingerprint density at radius 1 is 1.15 bits per heavy atom. The highest BCUT2D eigenvalue weighted by molar-refractivity contribution is 14.1. The third-order valence-electron chi connectivity index (χ3n) is 3.01. The van der Waals surface area contributed by atoms with Gasteiger partial charge in [-0.3, -0.25) is 4.79 Å². The summed E-state index contributed by atoms with van der Waals surface area (Å²) in [6, 6.07) is 17.3. The van der Waals surface area contributed by atoms with E-state index >= 15 is 0 Å². The van der Waals surface area contributed by atoms with Gasteiger partial charge in [0, 0.05) is 22.8 Å². The number of carbonyl (C=O) groups excluding carboxylic acids is 1. The molecule has 0 saturated carbocycles. The lowest BCUT2D eigenvalue weighted by atomic mass is 10.1. The van der Waals surface area contributed by atoms with Gasteiger partial charge in [-0.05, 0) is 52.4 Å². The van der Waals surface area contributed by atoms with Crippen LogP contribution < -0.4 is 5.32 Å². The molecule has 0 fully saturated rings. The molecule has 3 nitrogen and oxygen atoms in total. The summed E-state index contributed by atoms with van der Waals surface area (Å²) in [6.07, 6.45) is -0.135. The second-order valence-electron chi connectivity index (χ2n) is 4.35. The fourth-order valence-corrected chi connectivity index (χ4v) is 2.25. The third-order valence-corrected chi connectivity index (χ3v) is 3.73. The van der Waals surface area contributed by atoms with Crippen LogP contribution in [0.4, 0.5) is 0 Å². The van der Waals surface area contributed by atoms with Crippen LogP contribution in [0.1, 0.15) is 22.0 Å². The van der Waals surface area contributed by atoms with Crippen molar-refractivity contribution >= 4 is 28.5 Å². The monoisotopic (exact) mass is 381 g/mol. The van der Waals surface area contributed by atoms with Crippen molar-refractivity contribution in [2.24, 2.45) is 0 Å². The Bertz CT molecular complexity index is 554. The van der Waals surface area contributed by atoms with Crippen LogP contribution in [-0.4, -0.2) is 19.6 Å². The summed E-state index contributed by atoms with van der Waals surface area (Å²) < 4.78 is 6.54. The van der Waals surface area contributed by atoms with Crippen molar-refractivity contribution < 1.29 is 9.53 Å². The molecule has 1 atom stereocenters. The summed E-state index contributed by atoms with van der Waals surface area (Å²) in [6.45, 7) is 0.450. The number of hydrogen-bond acceptors (Lipinski definition) is 2. The van der Waals surface area contributed by atoms with Gasteiger partial charge >= 0.3 is 0 Å². The second kappa shape index (κ2) is 7.40. The minimum Gasteiger partial charge on any atom is -0.375 e. The normalized spacial score (nSPS) is 11.9. The zero-order chi connectivity index (χ0) is 14.4. The number of hydrogen-bond donors (Lipinski definition) is 1. The molecule has 0 heterocycles. The van der Waals surface area contributed by atoms with Crippen molar-refractivity contribution in [1.82, 2.24) is 5.32 Å². The van der Waals surface area contributed by atoms with E-state index in [9.17, 15) is 4.79 Å². The predicted octanol–water partition coefficient (Wildman–Crippen LogP) is 3.41. The number of methoxy groups -OCH3 is 1. The van der Waals surface area contributed by atoms with Crippen molar-refractivity contribution in [2.75, 3.05) is 13.7 Å². The molecule has 0 aromatic heterocycles. The van der Waals surface area contributed by atoms with E-state index in [0.29, 0.717) is 12.1 Å². The zero-order valence-corrected chi connectivity index (χ0v) is 13.3. The van der Waals surface area contributed by atoms with Crippen LogP contribution in [0.15, 0.2) is 54.6 Å². The lowest BCUT2D eigenvalue weighted by molar-refractivity contribution is 0.0828. The fraction of sp³-hybridized carbons (Fsp3) is 0.188. The molecule has 0 saturated heterocycles. The van der Waals surface area contributed by atoms with Crippen molar-refractivity contribution in [3.63, 3.8) is 0 Å². The Morgan fingerprint density at radius 2 is 1.80 bits per heavy atom. The number of ether oxygens (including phenoxy) is 1. The zero-order valence-electron chi connectivity index (χ0n) is 11.2. The molecule has 20 heavy (non-hydrogen) atoms. The van der Waals surface area contributed by atoms with Crippen molar-refractivity contribution in [3.05, 3.63) is 69.3 Å². The molecule has 1 amide bonds. The van der Waals surface area contributed by atoms with Gasteiger partial charge in [0.15, 0.2) is 0 Å². The van der Waals surface area contributed by atoms with E-state index in [4.69, 9.17) is 4.74 Å². The first-order valence-corrected chi connectivity index (χ1v) is 7.40. The molecule has 1 N–H and O–H groups in total. The Hall–Kier alpha value is -1.40. The van der Waals surface area contributed by atoms with E-state index in [1.165, 1.54) is 0 Å². The highest BCUT2D eigenvalue weighted by Crippen LogP contribution is 2.15. The van der Waals surface area contributed by atoms with E-state index in [1.807, 2.05) is 54.6 Å². The average molecular weight is 381 g/mol. The number of nitrogens with one attached hydrogen (secondary N) is 1. The highest BCUT2D eigenvalue weighted by Gasteiger charge is 2.12. The molecule has 1 unspecified atom stereocenters. The van der Waals surface area contributed by atoms with Gasteiger partial charge in [0.05, 0.1) is 6.10 Å². The Balaban J connectivity index is 1.96. The minimum atomic E-state index is -0.135. The Labute approximate surface area is 132 Å². The van der Waals surface area contributed by atoms with E-state index in [1.54, 1.807) is 7.11 Å². The van der Waals surface area contributed by atoms with Crippen LogP contribution >= 0.6 is 22.6 Å². The molecule has 0 spiro atoms. The molecule has 0 aliphatic heterocycles. The molecule has 0 aliphatic carbocycles. The smallest absolute Gasteiger partial charge is 0.251 e. The van der Waals surface area contributed by atoms with Gasteiger partial charge < -0.3 is 10.1 Å². The standard InChI is InChI=1S/C16H16INO2/c1-20-15(12-5-3-2-4-6-12)11-18-16(19)13-7-9-14(17)10-8-13/h2-10,15H,11H2,1H3,(H,18,19). The van der Waals surface area contributed by atoms with Crippen molar-refractivity contribution in [2.45, 2.75) is 6.10 Å². The molecule has 104 valence electrons. The maximum atomic E-state index is 12.0. The fourth-order valence-electron chi connectivity index (χ4n) is 1.89. The van der Waals surface area contributed by atoms with Gasteiger partial charge in [0.25, 0.3) is 5.91 Å². The molecule has 2 aromatic rings. The second-order valence-corrected chi connectivity index (χ2v) is 5.60. The molecular formula is C16H16INO2. The SMILES string of the molecule is COC(CNC(=O)c1ccc(I)cc1)c1ccccc1. The van der Waals surface area contributed by atoms with Crippen LogP contribution in [-0.2, 0) is 4.74 Å². The van der Waals surface area contributed by atoms with Crippen LogP contribution in [0, 0.1) is 3.57 Å². The van der Waals surface area contributed by atoms with Gasteiger partial charge in [0.1, 0.15) is 0 Å². The predicted molar refractivity (Wildman–Crippen MR) is 87.7 cm³/mol. The number of rotatable bonds is 5. The van der Waals surface area contributed by atoms with Crippen molar-refractivity contribution in [1.29, 1.82) is 0 Å². The van der Waals surface area contributed by atoms with Crippen LogP contribution in [0.5, 0.6) is 0 Å². The van der Waals surface area contributed by atoms with Crippen LogP contribution in [0.25, 0.3) is 0 Å². The van der Waals surface area contributed by atoms with Gasteiger partial charge in [-0.15, -0.1) is 0 Å². The van der Waals surface area contributed by atoms with E-state index in [2.05, 4.69) is 27.9 Å². The molecular weight excluding hydrogens is 365 g/mol. The molecule has 0 bridgehead atoms. The minimum absolute atomic E-state index is 0.0839. The van der Waals surface area contributed by atoms with Gasteiger partial charge in [-0.2, -0.15) is 0 Å². The number of amides is 1. The summed E-state index contributed by atoms with van der Waals surface area (Å²) in [5.41, 5.74) is 1.71. The van der Waals surface area contributed by atoms with Crippen molar-refractivity contribution in [3.8, 4) is 0 Å². The maximum absolute atomic E-state index is 12.0. The first-order valence-electron chi connectivity index (χ1n) is 6.32. The Kier molecular flexibility index (Phi) is 5.55. The number of halogens is 1. The molecule has 2 rings (SSSR count). The van der Waals surface area contributed by atoms with Crippen LogP contribution in [0.3, 0.4) is 0 Å². The largest absolute Gasteiger partial charge is 0.375 e. The number of benzene rings is 2. The molecule has 2 aromatic carbocycles. The average Bonchev–Trinajstić information content (AvgIpc) is 2.49. The summed E-state index contributed by atoms with van der Waals surface area (Å²) in [5, 5.41) is 2.90. The topological polar surface area (TPSA) is 38.3 Å². The van der Waals surface area contributed by atoms with Gasteiger partial charge in [0.2, 0.25) is 0 Å². The van der Waals surface area contributed by atoms with Crippen LogP contribution in [0.2, 0.25) is 0 Å². The first kappa shape index (κ1) is 15.0. The summed E-state index contributed by atoms with van der Waals surface area (Å²) >= 11 is 2.21. The number of carbonyl (C=O) groups is 1. The van der Waals surface area contributed by atoms with E-state index in [0.717, 1.165) is 9.13 Å². The molecule has 0 aliphatic rings. The van der Waals surface area contributed by atoms with Gasteiger partial charge in [-0.1, -0.05) is 30.3 Å². The highest BCUT2D eigenvalue weighted by atomic mass is 127. The van der Waals surface area contributed by atoms with E-state index in [-0.39, 0.29) is 12.0 Å². The lowest BCUT2D eigenvalue weighted by Crippen LogP contribution is -2.29. The van der Waals surface area contributed by atoms with E-state index < -0.39 is 0 Å². The maximum Gasteiger partial charge on any atom is 0.251 e. The third kappa shape index (κ3) is 4.05. The summed E-state index contributed by atoms with van der Waals surface area (Å²) in [4.78, 5) is 12.0. The quantitative estimate of drug-likeness (QED) is 0.807. The summed E-state index contributed by atoms with van der Waals surface area (Å²) in [7, 11) is 1.65. The first-order chi connectivity index (χ1) is 9.70. The summed E-state index contributed by atoms with van der Waals surface area (Å²) in [5.74, 6) is -0.0839. The van der Waals surface area contributed by atoms with Gasteiger partial charge in [-0.25, -0.2) is 0 Å². The lowest BCUT2D eigenvalue weighted by Gasteiger charge is -2.16. The molecule has 4 heteroatoms. The Morgan fingerprint density at radius 3 is 2.40 bits per heavy atom.